The van der Waals surface area contributed by atoms with Crippen LogP contribution in [0.2, 0.25) is 0 Å². The van der Waals surface area contributed by atoms with Gasteiger partial charge in [-0.05, 0) is 46.6 Å². The van der Waals surface area contributed by atoms with Crippen LogP contribution < -0.4 is 16.8 Å². The lowest BCUT2D eigenvalue weighted by Gasteiger charge is -2.25. The predicted molar refractivity (Wildman–Crippen MR) is 130 cm³/mol. The van der Waals surface area contributed by atoms with Crippen molar-refractivity contribution < 1.29 is 9.53 Å². The molecule has 0 radical (unpaired) electrons. The fourth-order valence-corrected chi connectivity index (χ4v) is 1.64. The summed E-state index contributed by atoms with van der Waals surface area (Å²) in [6.45, 7) is 23.4. The average Bonchev–Trinajstić information content (AvgIpc) is 2.68. The normalized spacial score (nSPS) is 10.0. The first-order valence-electron chi connectivity index (χ1n) is 10.3. The van der Waals surface area contributed by atoms with E-state index in [0.717, 1.165) is 12.8 Å². The number of unbranched alkanes of at least 4 members (excludes halogenated alkanes) is 1. The van der Waals surface area contributed by atoms with Crippen molar-refractivity contribution in [2.24, 2.45) is 16.5 Å². The van der Waals surface area contributed by atoms with E-state index in [9.17, 15) is 4.79 Å². The molecule has 6 nitrogen and oxygen atoms in total. The van der Waals surface area contributed by atoms with E-state index in [4.69, 9.17) is 16.2 Å². The second-order valence-electron chi connectivity index (χ2n) is 5.66. The molecule has 0 aromatic carbocycles. The highest BCUT2D eigenvalue weighted by molar-refractivity contribution is 5.84. The third-order valence-electron chi connectivity index (χ3n) is 2.81. The second-order valence-corrected chi connectivity index (χ2v) is 5.66. The zero-order valence-corrected chi connectivity index (χ0v) is 20.0. The van der Waals surface area contributed by atoms with Crippen molar-refractivity contribution in [1.29, 1.82) is 0 Å². The molecule has 170 valence electrons. The number of nitrogens with one attached hydrogen (secondary N) is 1. The smallest absolute Gasteiger partial charge is 0.263 e. The molecule has 0 aromatic heterocycles. The molecular weight excluding hydrogens is 364 g/mol. The maximum atomic E-state index is 12.0. The second kappa shape index (κ2) is 25.5. The quantitative estimate of drug-likeness (QED) is 0.158. The van der Waals surface area contributed by atoms with Crippen LogP contribution in [0.25, 0.3) is 0 Å². The lowest BCUT2D eigenvalue weighted by atomic mass is 10.1. The van der Waals surface area contributed by atoms with Gasteiger partial charge in [-0.3, -0.25) is 9.79 Å². The summed E-state index contributed by atoms with van der Waals surface area (Å²) in [4.78, 5) is 15.9. The molecule has 0 atom stereocenters. The van der Waals surface area contributed by atoms with Crippen LogP contribution in [0.1, 0.15) is 68.2 Å². The van der Waals surface area contributed by atoms with E-state index in [1.54, 1.807) is 39.0 Å². The van der Waals surface area contributed by atoms with E-state index in [2.05, 4.69) is 23.5 Å². The molecule has 0 fully saturated rings. The summed E-state index contributed by atoms with van der Waals surface area (Å²) in [6.07, 6.45) is 10.5. The van der Waals surface area contributed by atoms with E-state index in [1.807, 2.05) is 46.8 Å². The Labute approximate surface area is 179 Å². The third kappa shape index (κ3) is 27.8. The summed E-state index contributed by atoms with van der Waals surface area (Å²) in [6, 6.07) is 0. The lowest BCUT2D eigenvalue weighted by molar-refractivity contribution is -0.138. The molecular formula is C23H46N4O2. The minimum atomic E-state index is -0.913. The highest BCUT2D eigenvalue weighted by Crippen LogP contribution is 2.14. The molecule has 0 saturated heterocycles. The summed E-state index contributed by atoms with van der Waals surface area (Å²) in [5, 5.41) is 2.83. The van der Waals surface area contributed by atoms with Crippen molar-refractivity contribution >= 4 is 11.9 Å². The number of nitrogens with zero attached hydrogens (tertiary/aromatic N) is 1. The molecule has 1 amide bonds. The fourth-order valence-electron chi connectivity index (χ4n) is 1.64. The van der Waals surface area contributed by atoms with Gasteiger partial charge in [0.05, 0.1) is 5.76 Å². The number of nitrogens with two attached hydrogens (primary N) is 2. The molecule has 0 bridgehead atoms. The van der Waals surface area contributed by atoms with Gasteiger partial charge < -0.3 is 21.5 Å². The summed E-state index contributed by atoms with van der Waals surface area (Å²) >= 11 is 0. The van der Waals surface area contributed by atoms with E-state index in [-0.39, 0.29) is 11.9 Å². The number of hydrogen-bond donors (Lipinski definition) is 3. The van der Waals surface area contributed by atoms with Crippen LogP contribution in [0, 0.1) is 0 Å². The monoisotopic (exact) mass is 410 g/mol. The SMILES string of the molecule is C=C/C=C(\C)OC(C)(C)C(=O)NCCCCN=C(N)N.C=C/C=C\C.CC.CC. The Morgan fingerprint density at radius 1 is 1.10 bits per heavy atom. The zero-order valence-electron chi connectivity index (χ0n) is 20.0. The van der Waals surface area contributed by atoms with Crippen LogP contribution in [0.3, 0.4) is 0 Å². The number of hydrogen-bond acceptors (Lipinski definition) is 3. The zero-order chi connectivity index (χ0) is 23.7. The van der Waals surface area contributed by atoms with Crippen molar-refractivity contribution in [2.75, 3.05) is 13.1 Å². The summed E-state index contributed by atoms with van der Waals surface area (Å²) in [5.74, 6) is 0.581. The molecule has 0 aliphatic rings. The number of amides is 1. The predicted octanol–water partition coefficient (Wildman–Crippen LogP) is 4.84. The van der Waals surface area contributed by atoms with Crippen molar-refractivity contribution in [3.63, 3.8) is 0 Å². The van der Waals surface area contributed by atoms with Crippen LogP contribution in [0.5, 0.6) is 0 Å². The Morgan fingerprint density at radius 2 is 1.66 bits per heavy atom. The topological polar surface area (TPSA) is 103 Å². The Hall–Kier alpha value is -2.50. The molecule has 29 heavy (non-hydrogen) atoms. The maximum Gasteiger partial charge on any atom is 0.263 e. The first-order chi connectivity index (χ1) is 13.7. The highest BCUT2D eigenvalue weighted by Gasteiger charge is 2.29. The van der Waals surface area contributed by atoms with Gasteiger partial charge in [0, 0.05) is 13.1 Å². The van der Waals surface area contributed by atoms with E-state index in [0.29, 0.717) is 18.8 Å². The van der Waals surface area contributed by atoms with Crippen molar-refractivity contribution in [3.8, 4) is 0 Å². The van der Waals surface area contributed by atoms with Gasteiger partial charge in [0.2, 0.25) is 0 Å². The molecule has 0 aliphatic carbocycles. The number of carbonyl (C=O) groups is 1. The van der Waals surface area contributed by atoms with Gasteiger partial charge in [0.25, 0.3) is 5.91 Å². The first kappa shape index (κ1) is 34.0. The highest BCUT2D eigenvalue weighted by atomic mass is 16.5. The van der Waals surface area contributed by atoms with Crippen LogP contribution in [0.4, 0.5) is 0 Å². The summed E-state index contributed by atoms with van der Waals surface area (Å²) < 4.78 is 5.57. The van der Waals surface area contributed by atoms with Crippen molar-refractivity contribution in [3.05, 3.63) is 49.3 Å². The number of allylic oxidation sites excluding steroid dienone is 6. The molecule has 6 heteroatoms. The number of carbonyl (C=O) groups excluding carboxylic acids is 1. The molecule has 0 heterocycles. The van der Waals surface area contributed by atoms with Crippen LogP contribution >= 0.6 is 0 Å². The third-order valence-corrected chi connectivity index (χ3v) is 2.81. The number of rotatable bonds is 10. The minimum absolute atomic E-state index is 0.0908. The van der Waals surface area contributed by atoms with Gasteiger partial charge in [-0.25, -0.2) is 0 Å². The van der Waals surface area contributed by atoms with Crippen molar-refractivity contribution in [1.82, 2.24) is 5.32 Å². The number of aliphatic imine (C=N–C) groups is 1. The maximum absolute atomic E-state index is 12.0. The number of ether oxygens (including phenoxy) is 1. The van der Waals surface area contributed by atoms with E-state index < -0.39 is 5.60 Å². The van der Waals surface area contributed by atoms with Crippen LogP contribution in [0.15, 0.2) is 54.3 Å². The van der Waals surface area contributed by atoms with Crippen LogP contribution in [-0.4, -0.2) is 30.6 Å². The Kier molecular flexibility index (Phi) is 29.9. The van der Waals surface area contributed by atoms with Gasteiger partial charge in [0.15, 0.2) is 11.6 Å². The standard InChI is InChI=1S/C14H26N4O2.C5H8.2C2H6/c1-5-8-11(2)20-14(3,4)12(19)17-9-6-7-10-18-13(15)16;1-3-5-4-2;2*1-2/h5,8H,1,6-7,9-10H2,2-4H3,(H,17,19)(H4,15,16,18);3-5H,1H2,2H3;2*1-2H3/b11-8+;5-4-;;. The van der Waals surface area contributed by atoms with Crippen LogP contribution in [-0.2, 0) is 9.53 Å². The lowest BCUT2D eigenvalue weighted by Crippen LogP contribution is -2.44. The van der Waals surface area contributed by atoms with Gasteiger partial charge in [0.1, 0.15) is 0 Å². The van der Waals surface area contributed by atoms with Crippen molar-refractivity contribution in [2.45, 2.75) is 73.8 Å². The first-order valence-corrected chi connectivity index (χ1v) is 10.3. The number of guanidine groups is 1. The van der Waals surface area contributed by atoms with Gasteiger partial charge in [-0.2, -0.15) is 0 Å². The molecule has 0 unspecified atom stereocenters. The summed E-state index contributed by atoms with van der Waals surface area (Å²) in [7, 11) is 0. The Morgan fingerprint density at radius 3 is 2.03 bits per heavy atom. The molecule has 5 N–H and O–H groups in total. The largest absolute Gasteiger partial charge is 0.483 e. The van der Waals surface area contributed by atoms with E-state index >= 15 is 0 Å². The Bertz CT molecular complexity index is 489. The molecule has 0 rings (SSSR count). The molecule has 0 spiro atoms. The molecule has 0 aromatic rings. The molecule has 0 aliphatic heterocycles. The minimum Gasteiger partial charge on any atom is -0.483 e. The summed E-state index contributed by atoms with van der Waals surface area (Å²) in [5.41, 5.74) is 9.51. The fraction of sp³-hybridized carbons (Fsp3) is 0.565. The van der Waals surface area contributed by atoms with Gasteiger partial charge in [-0.15, -0.1) is 0 Å². The van der Waals surface area contributed by atoms with Gasteiger partial charge in [-0.1, -0.05) is 65.2 Å². The Balaban J connectivity index is -0.000000294. The van der Waals surface area contributed by atoms with Gasteiger partial charge >= 0.3 is 0 Å². The average molecular weight is 411 g/mol. The van der Waals surface area contributed by atoms with E-state index in [1.165, 1.54) is 0 Å². The molecule has 0 saturated carbocycles.